The number of benzene rings is 1. The number of piperidine rings is 1. The molecule has 7 heteroatoms. The number of fused-ring (bicyclic) bond motifs is 1. The molecule has 1 saturated heterocycles. The van der Waals surface area contributed by atoms with Gasteiger partial charge >= 0.3 is 0 Å². The second-order valence-corrected chi connectivity index (χ2v) is 7.75. The highest BCUT2D eigenvalue weighted by Gasteiger charge is 2.26. The number of aromatic nitrogens is 2. The first kappa shape index (κ1) is 17.9. The number of rotatable bonds is 5. The number of carbonyl (C=O) groups excluding carboxylic acids is 1. The van der Waals surface area contributed by atoms with E-state index in [0.717, 1.165) is 42.2 Å². The van der Waals surface area contributed by atoms with Crippen LogP contribution in [-0.2, 0) is 11.2 Å². The number of anilines is 1. The fourth-order valence-electron chi connectivity index (χ4n) is 3.40. The van der Waals surface area contributed by atoms with Crippen LogP contribution in [0.15, 0.2) is 42.7 Å². The molecule has 0 spiro atoms. The van der Waals surface area contributed by atoms with Gasteiger partial charge in [0.1, 0.15) is 11.3 Å². The van der Waals surface area contributed by atoms with Crippen molar-refractivity contribution in [2.75, 3.05) is 24.5 Å². The van der Waals surface area contributed by atoms with E-state index in [1.807, 2.05) is 18.2 Å². The molecule has 1 aromatic carbocycles. The summed E-state index contributed by atoms with van der Waals surface area (Å²) in [5.74, 6) is -0.123. The molecule has 1 N–H and O–H groups in total. The van der Waals surface area contributed by atoms with Crippen LogP contribution in [0.2, 0.25) is 0 Å². The molecule has 1 aliphatic rings. The van der Waals surface area contributed by atoms with Gasteiger partial charge in [-0.05, 0) is 49.1 Å². The third-order valence-corrected chi connectivity index (χ3v) is 6.04. The zero-order valence-electron chi connectivity index (χ0n) is 14.9. The molecule has 1 amide bonds. The quantitative estimate of drug-likeness (QED) is 0.732. The normalized spacial score (nSPS) is 15.2. The summed E-state index contributed by atoms with van der Waals surface area (Å²) in [4.78, 5) is 23.0. The summed E-state index contributed by atoms with van der Waals surface area (Å²) in [5.41, 5.74) is 1.61. The molecule has 0 aliphatic carbocycles. The number of thiazole rings is 1. The molecule has 0 bridgehead atoms. The van der Waals surface area contributed by atoms with Gasteiger partial charge in [-0.2, -0.15) is 0 Å². The van der Waals surface area contributed by atoms with Crippen molar-refractivity contribution < 1.29 is 9.18 Å². The minimum Gasteiger partial charge on any atom is -0.356 e. The number of pyridine rings is 1. The predicted molar refractivity (Wildman–Crippen MR) is 105 cm³/mol. The van der Waals surface area contributed by atoms with Crippen molar-refractivity contribution in [1.29, 1.82) is 0 Å². The molecule has 140 valence electrons. The molecule has 2 aromatic heterocycles. The maximum atomic E-state index is 13.8. The summed E-state index contributed by atoms with van der Waals surface area (Å²) in [6.45, 7) is 2.17. The van der Waals surface area contributed by atoms with Crippen LogP contribution in [0.4, 0.5) is 9.52 Å². The van der Waals surface area contributed by atoms with Crippen molar-refractivity contribution >= 4 is 32.6 Å². The average Bonchev–Trinajstić information content (AvgIpc) is 3.15. The fraction of sp³-hybridized carbons (Fsp3) is 0.350. The number of para-hydroxylation sites is 1. The molecule has 0 atom stereocenters. The lowest BCUT2D eigenvalue weighted by atomic mass is 9.96. The first-order valence-electron chi connectivity index (χ1n) is 9.17. The zero-order valence-corrected chi connectivity index (χ0v) is 15.7. The first-order valence-corrected chi connectivity index (χ1v) is 9.99. The Kier molecular flexibility index (Phi) is 5.29. The van der Waals surface area contributed by atoms with Gasteiger partial charge in [0.2, 0.25) is 5.91 Å². The number of hydrogen-bond donors (Lipinski definition) is 1. The van der Waals surface area contributed by atoms with Gasteiger partial charge in [-0.3, -0.25) is 9.78 Å². The Bertz CT molecular complexity index is 922. The highest BCUT2D eigenvalue weighted by molar-refractivity contribution is 7.22. The maximum absolute atomic E-state index is 13.8. The number of carbonyl (C=O) groups is 1. The van der Waals surface area contributed by atoms with Crippen LogP contribution < -0.4 is 10.2 Å². The molecular formula is C20H21FN4OS. The Hall–Kier alpha value is -2.54. The van der Waals surface area contributed by atoms with Gasteiger partial charge < -0.3 is 10.2 Å². The molecule has 3 heterocycles. The number of hydrogen-bond acceptors (Lipinski definition) is 5. The molecule has 0 radical (unpaired) electrons. The van der Waals surface area contributed by atoms with Crippen LogP contribution in [-0.4, -0.2) is 35.5 Å². The van der Waals surface area contributed by atoms with Crippen LogP contribution in [0, 0.1) is 11.7 Å². The highest BCUT2D eigenvalue weighted by Crippen LogP contribution is 2.32. The van der Waals surface area contributed by atoms with Gasteiger partial charge in [-0.1, -0.05) is 17.4 Å². The van der Waals surface area contributed by atoms with Crippen molar-refractivity contribution in [3.63, 3.8) is 0 Å². The molecule has 1 aliphatic heterocycles. The lowest BCUT2D eigenvalue weighted by Gasteiger charge is -2.31. The Morgan fingerprint density at radius 2 is 2.00 bits per heavy atom. The zero-order chi connectivity index (χ0) is 18.6. The van der Waals surface area contributed by atoms with Crippen molar-refractivity contribution in [2.24, 2.45) is 5.92 Å². The summed E-state index contributed by atoms with van der Waals surface area (Å²) in [6, 6.07) is 8.97. The molecule has 0 saturated carbocycles. The van der Waals surface area contributed by atoms with E-state index in [9.17, 15) is 9.18 Å². The summed E-state index contributed by atoms with van der Waals surface area (Å²) < 4.78 is 14.7. The largest absolute Gasteiger partial charge is 0.356 e. The smallest absolute Gasteiger partial charge is 0.223 e. The number of nitrogens with one attached hydrogen (secondary N) is 1. The SMILES string of the molecule is O=C(NCCc1ccncc1)C1CCN(c2nc3c(F)cccc3s2)CC1. The number of nitrogens with zero attached hydrogens (tertiary/aromatic N) is 3. The van der Waals surface area contributed by atoms with E-state index in [1.54, 1.807) is 18.5 Å². The highest BCUT2D eigenvalue weighted by atomic mass is 32.1. The Balaban J connectivity index is 1.29. The molecular weight excluding hydrogens is 363 g/mol. The minimum absolute atomic E-state index is 0.0322. The van der Waals surface area contributed by atoms with Gasteiger partial charge in [0, 0.05) is 37.9 Å². The predicted octanol–water partition coefficient (Wildman–Crippen LogP) is 3.41. The molecule has 4 rings (SSSR count). The fourth-order valence-corrected chi connectivity index (χ4v) is 4.43. The van der Waals surface area contributed by atoms with E-state index in [0.29, 0.717) is 12.1 Å². The molecule has 5 nitrogen and oxygen atoms in total. The molecule has 0 unspecified atom stereocenters. The van der Waals surface area contributed by atoms with Crippen LogP contribution in [0.3, 0.4) is 0 Å². The third kappa shape index (κ3) is 4.08. The Morgan fingerprint density at radius 1 is 1.22 bits per heavy atom. The van der Waals surface area contributed by atoms with Crippen LogP contribution >= 0.6 is 11.3 Å². The van der Waals surface area contributed by atoms with Crippen molar-refractivity contribution in [3.8, 4) is 0 Å². The average molecular weight is 384 g/mol. The monoisotopic (exact) mass is 384 g/mol. The molecule has 1 fully saturated rings. The second kappa shape index (κ2) is 8.00. The summed E-state index contributed by atoms with van der Waals surface area (Å²) in [5, 5.41) is 3.88. The van der Waals surface area contributed by atoms with Gasteiger partial charge in [0.15, 0.2) is 5.13 Å². The van der Waals surface area contributed by atoms with Crippen molar-refractivity contribution in [1.82, 2.24) is 15.3 Å². The van der Waals surface area contributed by atoms with E-state index in [4.69, 9.17) is 0 Å². The second-order valence-electron chi connectivity index (χ2n) is 6.74. The van der Waals surface area contributed by atoms with Gasteiger partial charge in [-0.25, -0.2) is 9.37 Å². The number of halogens is 1. The van der Waals surface area contributed by atoms with Crippen molar-refractivity contribution in [2.45, 2.75) is 19.3 Å². The Labute approximate surface area is 161 Å². The number of amides is 1. The third-order valence-electron chi connectivity index (χ3n) is 4.96. The molecule has 3 aromatic rings. The topological polar surface area (TPSA) is 58.1 Å². The van der Waals surface area contributed by atoms with E-state index in [-0.39, 0.29) is 17.6 Å². The van der Waals surface area contributed by atoms with E-state index < -0.39 is 0 Å². The van der Waals surface area contributed by atoms with E-state index in [2.05, 4.69) is 20.2 Å². The lowest BCUT2D eigenvalue weighted by molar-refractivity contribution is -0.125. The van der Waals surface area contributed by atoms with Gasteiger partial charge in [-0.15, -0.1) is 0 Å². The summed E-state index contributed by atoms with van der Waals surface area (Å²) in [7, 11) is 0. The lowest BCUT2D eigenvalue weighted by Crippen LogP contribution is -2.41. The van der Waals surface area contributed by atoms with E-state index in [1.165, 1.54) is 23.0 Å². The van der Waals surface area contributed by atoms with Gasteiger partial charge in [0.05, 0.1) is 4.70 Å². The minimum atomic E-state index is -0.279. The first-order chi connectivity index (χ1) is 13.2. The van der Waals surface area contributed by atoms with E-state index >= 15 is 0 Å². The molecule has 27 heavy (non-hydrogen) atoms. The van der Waals surface area contributed by atoms with Gasteiger partial charge in [0.25, 0.3) is 0 Å². The van der Waals surface area contributed by atoms with Crippen LogP contribution in [0.5, 0.6) is 0 Å². The maximum Gasteiger partial charge on any atom is 0.223 e. The standard InChI is InChI=1S/C20H21FN4OS/c21-16-2-1-3-17-18(16)24-20(27-17)25-12-7-15(8-13-25)19(26)23-11-6-14-4-9-22-10-5-14/h1-5,9-10,15H,6-8,11-13H2,(H,23,26). The van der Waals surface area contributed by atoms with Crippen LogP contribution in [0.1, 0.15) is 18.4 Å². The van der Waals surface area contributed by atoms with Crippen molar-refractivity contribution in [3.05, 3.63) is 54.1 Å². The summed E-state index contributed by atoms with van der Waals surface area (Å²) in [6.07, 6.45) is 5.92. The summed E-state index contributed by atoms with van der Waals surface area (Å²) >= 11 is 1.51. The Morgan fingerprint density at radius 3 is 2.74 bits per heavy atom. The van der Waals surface area contributed by atoms with Crippen LogP contribution in [0.25, 0.3) is 10.2 Å².